The fourth-order valence-corrected chi connectivity index (χ4v) is 2.85. The van der Waals surface area contributed by atoms with Crippen LogP contribution < -0.4 is 0 Å². The number of aliphatic hydroxyl groups is 1. The molecule has 0 aromatic heterocycles. The van der Waals surface area contributed by atoms with E-state index in [1.165, 1.54) is 0 Å². The van der Waals surface area contributed by atoms with Crippen molar-refractivity contribution in [3.8, 4) is 0 Å². The normalized spacial score (nSPS) is 27.2. The molecule has 0 spiro atoms. The summed E-state index contributed by atoms with van der Waals surface area (Å²) in [6, 6.07) is 9.27. The standard InChI is InChI=1S/C14H19NO2/c1-10(2)15-12(16)14(17,13(15,3)4)11-8-6-5-7-9-11/h5-10,17H,1-4H3/t14-/m1/s1. The van der Waals surface area contributed by atoms with Gasteiger partial charge in [-0.15, -0.1) is 0 Å². The van der Waals surface area contributed by atoms with Crippen LogP contribution in [0.4, 0.5) is 0 Å². The number of carbonyl (C=O) groups is 1. The van der Waals surface area contributed by atoms with E-state index in [9.17, 15) is 9.90 Å². The summed E-state index contributed by atoms with van der Waals surface area (Å²) in [6.45, 7) is 7.73. The third-order valence-corrected chi connectivity index (χ3v) is 3.72. The Labute approximate surface area is 102 Å². The molecule has 1 N–H and O–H groups in total. The van der Waals surface area contributed by atoms with Gasteiger partial charge in [0.15, 0.2) is 5.60 Å². The molecule has 1 aliphatic heterocycles. The summed E-state index contributed by atoms with van der Waals surface area (Å²) >= 11 is 0. The summed E-state index contributed by atoms with van der Waals surface area (Å²) in [7, 11) is 0. The fraction of sp³-hybridized carbons (Fsp3) is 0.500. The molecule has 1 aliphatic rings. The zero-order chi connectivity index (χ0) is 12.8. The van der Waals surface area contributed by atoms with Crippen LogP contribution in [-0.4, -0.2) is 27.5 Å². The average molecular weight is 233 g/mol. The SMILES string of the molecule is CC(C)N1C(=O)[C@](O)(c2ccccc2)C1(C)C. The first-order chi connectivity index (χ1) is 7.83. The van der Waals surface area contributed by atoms with Crippen molar-refractivity contribution in [3.05, 3.63) is 35.9 Å². The van der Waals surface area contributed by atoms with Crippen molar-refractivity contribution in [2.45, 2.75) is 44.9 Å². The Balaban J connectivity index is 2.45. The van der Waals surface area contributed by atoms with Gasteiger partial charge in [-0.2, -0.15) is 0 Å². The quantitative estimate of drug-likeness (QED) is 0.793. The van der Waals surface area contributed by atoms with E-state index in [-0.39, 0.29) is 11.9 Å². The van der Waals surface area contributed by atoms with Gasteiger partial charge < -0.3 is 10.0 Å². The molecule has 1 saturated heterocycles. The first-order valence-electron chi connectivity index (χ1n) is 5.95. The highest BCUT2D eigenvalue weighted by Gasteiger charge is 2.67. The highest BCUT2D eigenvalue weighted by Crippen LogP contribution is 2.49. The molecular weight excluding hydrogens is 214 g/mol. The van der Waals surface area contributed by atoms with E-state index in [0.717, 1.165) is 0 Å². The largest absolute Gasteiger partial charge is 0.374 e. The summed E-state index contributed by atoms with van der Waals surface area (Å²) in [5.41, 5.74) is -1.29. The van der Waals surface area contributed by atoms with Gasteiger partial charge in [-0.1, -0.05) is 30.3 Å². The van der Waals surface area contributed by atoms with Crippen molar-refractivity contribution in [2.24, 2.45) is 0 Å². The lowest BCUT2D eigenvalue weighted by Crippen LogP contribution is -2.79. The van der Waals surface area contributed by atoms with Gasteiger partial charge in [-0.25, -0.2) is 0 Å². The number of carbonyl (C=O) groups excluding carboxylic acids is 1. The monoisotopic (exact) mass is 233 g/mol. The van der Waals surface area contributed by atoms with E-state index in [2.05, 4.69) is 0 Å². The van der Waals surface area contributed by atoms with Crippen LogP contribution in [0, 0.1) is 0 Å². The lowest BCUT2D eigenvalue weighted by atomic mass is 9.67. The number of amides is 1. The minimum absolute atomic E-state index is 0.0986. The van der Waals surface area contributed by atoms with E-state index < -0.39 is 11.1 Å². The van der Waals surface area contributed by atoms with Crippen molar-refractivity contribution in [3.63, 3.8) is 0 Å². The minimum Gasteiger partial charge on any atom is -0.374 e. The van der Waals surface area contributed by atoms with Crippen LogP contribution in [0.1, 0.15) is 33.3 Å². The molecule has 0 bridgehead atoms. The Morgan fingerprint density at radius 2 is 1.71 bits per heavy atom. The molecule has 1 heterocycles. The lowest BCUT2D eigenvalue weighted by Gasteiger charge is -2.61. The Morgan fingerprint density at radius 3 is 2.12 bits per heavy atom. The molecule has 1 aromatic rings. The Hall–Kier alpha value is -1.35. The van der Waals surface area contributed by atoms with Crippen LogP contribution >= 0.6 is 0 Å². The van der Waals surface area contributed by atoms with Gasteiger partial charge in [0.2, 0.25) is 0 Å². The second-order valence-corrected chi connectivity index (χ2v) is 5.40. The minimum atomic E-state index is -1.39. The Morgan fingerprint density at radius 1 is 1.18 bits per heavy atom. The van der Waals surface area contributed by atoms with Gasteiger partial charge >= 0.3 is 0 Å². The van der Waals surface area contributed by atoms with E-state index in [1.807, 2.05) is 45.9 Å². The molecule has 3 heteroatoms. The maximum atomic E-state index is 12.2. The number of benzene rings is 1. The van der Waals surface area contributed by atoms with Gasteiger partial charge in [0.1, 0.15) is 0 Å². The lowest BCUT2D eigenvalue weighted by molar-refractivity contribution is -0.221. The number of hydrogen-bond donors (Lipinski definition) is 1. The van der Waals surface area contributed by atoms with Crippen molar-refractivity contribution >= 4 is 5.91 Å². The molecule has 1 aromatic carbocycles. The van der Waals surface area contributed by atoms with Gasteiger partial charge in [-0.05, 0) is 33.3 Å². The number of hydrogen-bond acceptors (Lipinski definition) is 2. The predicted molar refractivity (Wildman–Crippen MR) is 66.4 cm³/mol. The highest BCUT2D eigenvalue weighted by atomic mass is 16.3. The summed E-state index contributed by atoms with van der Waals surface area (Å²) in [5.74, 6) is -0.205. The first-order valence-corrected chi connectivity index (χ1v) is 5.95. The maximum Gasteiger partial charge on any atom is 0.262 e. The van der Waals surface area contributed by atoms with E-state index in [1.54, 1.807) is 17.0 Å². The zero-order valence-corrected chi connectivity index (χ0v) is 10.8. The molecule has 0 saturated carbocycles. The molecule has 0 radical (unpaired) electrons. The molecule has 2 rings (SSSR count). The molecule has 92 valence electrons. The van der Waals surface area contributed by atoms with Crippen LogP contribution in [0.2, 0.25) is 0 Å². The van der Waals surface area contributed by atoms with Crippen LogP contribution in [0.5, 0.6) is 0 Å². The average Bonchev–Trinajstić information content (AvgIpc) is 2.28. The molecule has 0 unspecified atom stereocenters. The van der Waals surface area contributed by atoms with Crippen molar-refractivity contribution in [2.75, 3.05) is 0 Å². The smallest absolute Gasteiger partial charge is 0.262 e. The van der Waals surface area contributed by atoms with Crippen molar-refractivity contribution < 1.29 is 9.90 Å². The Kier molecular flexibility index (Phi) is 2.54. The fourth-order valence-electron chi connectivity index (χ4n) is 2.85. The molecule has 3 nitrogen and oxygen atoms in total. The number of rotatable bonds is 2. The van der Waals surface area contributed by atoms with Crippen LogP contribution in [0.15, 0.2) is 30.3 Å². The van der Waals surface area contributed by atoms with Gasteiger partial charge in [-0.3, -0.25) is 4.79 Å². The number of likely N-dealkylation sites (tertiary alicyclic amines) is 1. The summed E-state index contributed by atoms with van der Waals surface area (Å²) in [6.07, 6.45) is 0. The topological polar surface area (TPSA) is 40.5 Å². The van der Waals surface area contributed by atoms with Crippen LogP contribution in [0.3, 0.4) is 0 Å². The van der Waals surface area contributed by atoms with Crippen LogP contribution in [-0.2, 0) is 10.4 Å². The second-order valence-electron chi connectivity index (χ2n) is 5.40. The number of β-lactam (4-membered cyclic amide) rings is 1. The molecule has 1 amide bonds. The molecule has 1 fully saturated rings. The molecule has 0 aliphatic carbocycles. The molecular formula is C14H19NO2. The van der Waals surface area contributed by atoms with Crippen molar-refractivity contribution in [1.82, 2.24) is 4.90 Å². The third kappa shape index (κ3) is 1.35. The van der Waals surface area contributed by atoms with Gasteiger partial charge in [0, 0.05) is 6.04 Å². The van der Waals surface area contributed by atoms with Crippen LogP contribution in [0.25, 0.3) is 0 Å². The molecule has 17 heavy (non-hydrogen) atoms. The van der Waals surface area contributed by atoms with E-state index in [0.29, 0.717) is 5.56 Å². The maximum absolute atomic E-state index is 12.2. The summed E-state index contributed by atoms with van der Waals surface area (Å²) < 4.78 is 0. The first kappa shape index (κ1) is 12.1. The predicted octanol–water partition coefficient (Wildman–Crippen LogP) is 1.90. The highest BCUT2D eigenvalue weighted by molar-refractivity contribution is 5.95. The molecule has 1 atom stereocenters. The van der Waals surface area contributed by atoms with Crippen molar-refractivity contribution in [1.29, 1.82) is 0 Å². The zero-order valence-electron chi connectivity index (χ0n) is 10.8. The summed E-state index contributed by atoms with van der Waals surface area (Å²) in [5, 5.41) is 10.7. The van der Waals surface area contributed by atoms with Gasteiger partial charge in [0.05, 0.1) is 5.54 Å². The summed E-state index contributed by atoms with van der Waals surface area (Å²) in [4.78, 5) is 14.0. The number of nitrogens with zero attached hydrogens (tertiary/aromatic N) is 1. The Bertz CT molecular complexity index is 439. The second kappa shape index (κ2) is 3.57. The third-order valence-electron chi connectivity index (χ3n) is 3.72. The van der Waals surface area contributed by atoms with E-state index in [4.69, 9.17) is 0 Å². The van der Waals surface area contributed by atoms with Gasteiger partial charge in [0.25, 0.3) is 5.91 Å². The van der Waals surface area contributed by atoms with E-state index >= 15 is 0 Å².